The molecule has 1 aromatic heterocycles. The van der Waals surface area contributed by atoms with Crippen LogP contribution >= 0.6 is 0 Å². The van der Waals surface area contributed by atoms with Gasteiger partial charge in [0.2, 0.25) is 0 Å². The lowest BCUT2D eigenvalue weighted by atomic mass is 9.93. The summed E-state index contributed by atoms with van der Waals surface area (Å²) < 4.78 is 38.4. The molecule has 0 aliphatic rings. The zero-order valence-corrected chi connectivity index (χ0v) is 10.0. The van der Waals surface area contributed by atoms with Crippen LogP contribution in [0.4, 0.5) is 13.2 Å². The first-order valence-corrected chi connectivity index (χ1v) is 5.44. The topological polar surface area (TPSA) is 38.9 Å². The van der Waals surface area contributed by atoms with Gasteiger partial charge in [0, 0.05) is 23.3 Å². The van der Waals surface area contributed by atoms with Crippen LogP contribution in [0, 0.1) is 0 Å². The minimum absolute atomic E-state index is 0.144. The van der Waals surface area contributed by atoms with Crippen molar-refractivity contribution in [3.8, 4) is 0 Å². The number of hydrogen-bond acceptors (Lipinski definition) is 2. The predicted octanol–water partition coefficient (Wildman–Crippen LogP) is 3.45. The van der Waals surface area contributed by atoms with Gasteiger partial charge in [-0.05, 0) is 30.9 Å². The van der Waals surface area contributed by atoms with Gasteiger partial charge in [-0.2, -0.15) is 13.2 Å². The molecule has 0 fully saturated rings. The molecule has 1 aromatic carbocycles. The summed E-state index contributed by atoms with van der Waals surface area (Å²) in [7, 11) is 0. The number of nitrogens with two attached hydrogens (primary N) is 1. The van der Waals surface area contributed by atoms with Crippen LogP contribution in [0.25, 0.3) is 10.8 Å². The van der Waals surface area contributed by atoms with E-state index in [1.165, 1.54) is 12.3 Å². The molecule has 0 bridgehead atoms. The highest BCUT2D eigenvalue weighted by atomic mass is 19.4. The average Bonchev–Trinajstić information content (AvgIpc) is 2.25. The van der Waals surface area contributed by atoms with Crippen LogP contribution in [0.3, 0.4) is 0 Å². The quantitative estimate of drug-likeness (QED) is 0.846. The molecule has 0 saturated heterocycles. The lowest BCUT2D eigenvalue weighted by Crippen LogP contribution is -2.28. The van der Waals surface area contributed by atoms with Gasteiger partial charge in [-0.3, -0.25) is 4.98 Å². The molecule has 0 radical (unpaired) electrons. The van der Waals surface area contributed by atoms with E-state index in [9.17, 15) is 13.2 Å². The molecule has 5 heteroatoms. The molecule has 2 N–H and O–H groups in total. The maximum Gasteiger partial charge on any atom is 0.418 e. The Balaban J connectivity index is 2.68. The Morgan fingerprint density at radius 1 is 1.11 bits per heavy atom. The van der Waals surface area contributed by atoms with Gasteiger partial charge < -0.3 is 5.73 Å². The molecule has 0 spiro atoms. The summed E-state index contributed by atoms with van der Waals surface area (Å²) >= 11 is 0. The van der Waals surface area contributed by atoms with Crippen molar-refractivity contribution in [1.82, 2.24) is 4.98 Å². The van der Waals surface area contributed by atoms with Crippen LogP contribution in [0.2, 0.25) is 0 Å². The number of fused-ring (bicyclic) bond motifs is 1. The zero-order valence-electron chi connectivity index (χ0n) is 10.0. The zero-order chi connectivity index (χ0) is 13.6. The van der Waals surface area contributed by atoms with Crippen molar-refractivity contribution in [3.63, 3.8) is 0 Å². The second-order valence-electron chi connectivity index (χ2n) is 4.84. The number of halogens is 3. The van der Waals surface area contributed by atoms with Crippen molar-refractivity contribution in [2.45, 2.75) is 25.6 Å². The smallest absolute Gasteiger partial charge is 0.322 e. The van der Waals surface area contributed by atoms with E-state index in [4.69, 9.17) is 5.73 Å². The van der Waals surface area contributed by atoms with Crippen molar-refractivity contribution < 1.29 is 13.2 Å². The molecular formula is C13H13F3N2. The van der Waals surface area contributed by atoms with Crippen LogP contribution in [-0.4, -0.2) is 4.98 Å². The van der Waals surface area contributed by atoms with E-state index in [1.807, 2.05) is 0 Å². The van der Waals surface area contributed by atoms with Crippen molar-refractivity contribution >= 4 is 10.8 Å². The number of rotatable bonds is 1. The molecule has 18 heavy (non-hydrogen) atoms. The number of hydrogen-bond donors (Lipinski definition) is 1. The summed E-state index contributed by atoms with van der Waals surface area (Å²) in [6.07, 6.45) is -2.14. The molecule has 2 nitrogen and oxygen atoms in total. The van der Waals surface area contributed by atoms with Gasteiger partial charge in [0.25, 0.3) is 0 Å². The van der Waals surface area contributed by atoms with Crippen LogP contribution in [0.1, 0.15) is 25.0 Å². The molecule has 0 saturated carbocycles. The van der Waals surface area contributed by atoms with E-state index in [2.05, 4.69) is 4.98 Å². The number of aromatic nitrogens is 1. The third-order valence-electron chi connectivity index (χ3n) is 2.81. The fraction of sp³-hybridized carbons (Fsp3) is 0.308. The second kappa shape index (κ2) is 3.95. The molecule has 0 aliphatic heterocycles. The Labute approximate surface area is 103 Å². The van der Waals surface area contributed by atoms with E-state index < -0.39 is 17.3 Å². The standard InChI is InChI=1S/C13H13F3N2/c1-12(2,17)9-3-4-10-8(5-9)6-18-7-11(10)13(14,15)16/h3-7H,17H2,1-2H3. The van der Waals surface area contributed by atoms with E-state index in [0.29, 0.717) is 5.39 Å². The Kier molecular flexibility index (Phi) is 2.81. The van der Waals surface area contributed by atoms with E-state index in [1.54, 1.807) is 26.0 Å². The molecule has 0 aliphatic carbocycles. The summed E-state index contributed by atoms with van der Waals surface area (Å²) in [5, 5.41) is 0.589. The Bertz CT molecular complexity index is 583. The molecule has 0 unspecified atom stereocenters. The van der Waals surface area contributed by atoms with Gasteiger partial charge in [0.1, 0.15) is 0 Å². The van der Waals surface area contributed by atoms with Crippen molar-refractivity contribution in [3.05, 3.63) is 41.7 Å². The summed E-state index contributed by atoms with van der Waals surface area (Å²) in [4.78, 5) is 3.64. The Morgan fingerprint density at radius 2 is 1.78 bits per heavy atom. The number of alkyl halides is 3. The molecule has 0 atom stereocenters. The highest BCUT2D eigenvalue weighted by molar-refractivity contribution is 5.86. The molecule has 1 heterocycles. The highest BCUT2D eigenvalue weighted by Gasteiger charge is 2.33. The van der Waals surface area contributed by atoms with E-state index >= 15 is 0 Å². The molecule has 0 amide bonds. The lowest BCUT2D eigenvalue weighted by Gasteiger charge is -2.20. The fourth-order valence-corrected chi connectivity index (χ4v) is 1.80. The number of pyridine rings is 1. The lowest BCUT2D eigenvalue weighted by molar-refractivity contribution is -0.136. The third-order valence-corrected chi connectivity index (χ3v) is 2.81. The normalized spacial score (nSPS) is 13.0. The minimum Gasteiger partial charge on any atom is -0.322 e. The SMILES string of the molecule is CC(C)(N)c1ccc2c(C(F)(F)F)cncc2c1. The predicted molar refractivity (Wildman–Crippen MR) is 64.0 cm³/mol. The first kappa shape index (κ1) is 12.8. The van der Waals surface area contributed by atoms with Gasteiger partial charge >= 0.3 is 6.18 Å². The van der Waals surface area contributed by atoms with Crippen LogP contribution in [0.15, 0.2) is 30.6 Å². The average molecular weight is 254 g/mol. The summed E-state index contributed by atoms with van der Waals surface area (Å²) in [5.41, 5.74) is 5.39. The summed E-state index contributed by atoms with van der Waals surface area (Å²) in [6.45, 7) is 3.60. The van der Waals surface area contributed by atoms with Crippen LogP contribution in [-0.2, 0) is 11.7 Å². The van der Waals surface area contributed by atoms with Gasteiger partial charge in [-0.25, -0.2) is 0 Å². The number of nitrogens with zero attached hydrogens (tertiary/aromatic N) is 1. The molecule has 96 valence electrons. The number of benzene rings is 1. The van der Waals surface area contributed by atoms with Crippen LogP contribution in [0.5, 0.6) is 0 Å². The molecular weight excluding hydrogens is 241 g/mol. The highest BCUT2D eigenvalue weighted by Crippen LogP contribution is 2.34. The first-order valence-electron chi connectivity index (χ1n) is 5.44. The van der Waals surface area contributed by atoms with E-state index in [0.717, 1.165) is 11.8 Å². The first-order chi connectivity index (χ1) is 8.19. The third kappa shape index (κ3) is 2.31. The maximum atomic E-state index is 12.8. The summed E-state index contributed by atoms with van der Waals surface area (Å²) in [5.74, 6) is 0. The monoisotopic (exact) mass is 254 g/mol. The second-order valence-corrected chi connectivity index (χ2v) is 4.84. The summed E-state index contributed by atoms with van der Waals surface area (Å²) in [6, 6.07) is 4.72. The van der Waals surface area contributed by atoms with Crippen molar-refractivity contribution in [1.29, 1.82) is 0 Å². The Morgan fingerprint density at radius 3 is 2.33 bits per heavy atom. The largest absolute Gasteiger partial charge is 0.418 e. The van der Waals surface area contributed by atoms with E-state index in [-0.39, 0.29) is 5.39 Å². The van der Waals surface area contributed by atoms with Crippen LogP contribution < -0.4 is 5.73 Å². The van der Waals surface area contributed by atoms with Gasteiger partial charge in [-0.1, -0.05) is 12.1 Å². The molecule has 2 rings (SSSR count). The van der Waals surface area contributed by atoms with Gasteiger partial charge in [0.05, 0.1) is 5.56 Å². The molecule has 2 aromatic rings. The maximum absolute atomic E-state index is 12.8. The van der Waals surface area contributed by atoms with Crippen molar-refractivity contribution in [2.75, 3.05) is 0 Å². The minimum atomic E-state index is -4.40. The van der Waals surface area contributed by atoms with Crippen molar-refractivity contribution in [2.24, 2.45) is 5.73 Å². The Hall–Kier alpha value is -1.62. The fourth-order valence-electron chi connectivity index (χ4n) is 1.80. The van der Waals surface area contributed by atoms with Gasteiger partial charge in [-0.15, -0.1) is 0 Å². The van der Waals surface area contributed by atoms with Gasteiger partial charge in [0.15, 0.2) is 0 Å².